The Morgan fingerprint density at radius 1 is 1.05 bits per heavy atom. The summed E-state index contributed by atoms with van der Waals surface area (Å²) in [5, 5.41) is 3.75. The SMILES string of the molecule is COc1ccc(CNC2CC(C)(C)CC(C)(C)C2)cc1. The van der Waals surface area contributed by atoms with Gasteiger partial charge in [-0.3, -0.25) is 0 Å². The van der Waals surface area contributed by atoms with Gasteiger partial charge in [-0.25, -0.2) is 0 Å². The average Bonchev–Trinajstić information content (AvgIpc) is 2.33. The van der Waals surface area contributed by atoms with E-state index in [4.69, 9.17) is 4.74 Å². The zero-order chi connectivity index (χ0) is 14.8. The van der Waals surface area contributed by atoms with E-state index in [0.717, 1.165) is 12.3 Å². The number of ether oxygens (including phenoxy) is 1. The molecule has 0 aliphatic heterocycles. The highest BCUT2D eigenvalue weighted by molar-refractivity contribution is 5.27. The Morgan fingerprint density at radius 2 is 1.60 bits per heavy atom. The van der Waals surface area contributed by atoms with E-state index >= 15 is 0 Å². The summed E-state index contributed by atoms with van der Waals surface area (Å²) in [4.78, 5) is 0. The average molecular weight is 275 g/mol. The van der Waals surface area contributed by atoms with E-state index in [0.29, 0.717) is 16.9 Å². The van der Waals surface area contributed by atoms with Gasteiger partial charge in [0.25, 0.3) is 0 Å². The highest BCUT2D eigenvalue weighted by Gasteiger charge is 2.37. The molecular formula is C18H29NO. The van der Waals surface area contributed by atoms with Crippen LogP contribution in [0.1, 0.15) is 52.5 Å². The molecule has 0 radical (unpaired) electrons. The second kappa shape index (κ2) is 5.77. The molecule has 0 heterocycles. The van der Waals surface area contributed by atoms with Crippen LogP contribution in [-0.4, -0.2) is 13.2 Å². The Bertz CT molecular complexity index is 417. The van der Waals surface area contributed by atoms with Crippen LogP contribution in [0.25, 0.3) is 0 Å². The van der Waals surface area contributed by atoms with Crippen molar-refractivity contribution in [2.75, 3.05) is 7.11 Å². The minimum absolute atomic E-state index is 0.444. The fraction of sp³-hybridized carbons (Fsp3) is 0.667. The molecule has 1 aromatic rings. The van der Waals surface area contributed by atoms with E-state index in [1.165, 1.54) is 24.8 Å². The third kappa shape index (κ3) is 4.24. The molecule has 0 spiro atoms. The molecule has 1 N–H and O–H groups in total. The first-order chi connectivity index (χ1) is 9.30. The van der Waals surface area contributed by atoms with Gasteiger partial charge in [0.1, 0.15) is 5.75 Å². The standard InChI is InChI=1S/C18H29NO/c1-17(2)10-15(11-18(3,4)13-17)19-12-14-6-8-16(20-5)9-7-14/h6-9,15,19H,10-13H2,1-5H3. The Kier molecular flexibility index (Phi) is 4.43. The lowest BCUT2D eigenvalue weighted by Gasteiger charge is -2.45. The number of hydrogen-bond donors (Lipinski definition) is 1. The molecule has 1 aliphatic carbocycles. The Morgan fingerprint density at radius 3 is 2.10 bits per heavy atom. The van der Waals surface area contributed by atoms with Crippen molar-refractivity contribution in [2.45, 2.75) is 59.5 Å². The van der Waals surface area contributed by atoms with Crippen LogP contribution in [0.3, 0.4) is 0 Å². The van der Waals surface area contributed by atoms with Gasteiger partial charge < -0.3 is 10.1 Å². The Balaban J connectivity index is 1.92. The van der Waals surface area contributed by atoms with Crippen molar-refractivity contribution >= 4 is 0 Å². The highest BCUT2D eigenvalue weighted by Crippen LogP contribution is 2.45. The van der Waals surface area contributed by atoms with Crippen molar-refractivity contribution in [1.82, 2.24) is 5.32 Å². The van der Waals surface area contributed by atoms with E-state index in [-0.39, 0.29) is 0 Å². The van der Waals surface area contributed by atoms with Gasteiger partial charge in [-0.1, -0.05) is 39.8 Å². The monoisotopic (exact) mass is 275 g/mol. The second-order valence-corrected chi connectivity index (χ2v) is 7.84. The lowest BCUT2D eigenvalue weighted by Crippen LogP contribution is -2.43. The molecule has 1 saturated carbocycles. The van der Waals surface area contributed by atoms with Gasteiger partial charge in [0.05, 0.1) is 7.11 Å². The van der Waals surface area contributed by atoms with E-state index in [2.05, 4.69) is 45.1 Å². The molecule has 0 aromatic heterocycles. The van der Waals surface area contributed by atoms with E-state index in [9.17, 15) is 0 Å². The molecule has 0 bridgehead atoms. The van der Waals surface area contributed by atoms with Crippen LogP contribution in [0.4, 0.5) is 0 Å². The fourth-order valence-electron chi connectivity index (χ4n) is 4.00. The predicted octanol–water partition coefficient (Wildman–Crippen LogP) is 4.39. The molecule has 1 fully saturated rings. The maximum atomic E-state index is 5.20. The zero-order valence-corrected chi connectivity index (χ0v) is 13.6. The summed E-state index contributed by atoms with van der Waals surface area (Å²) in [6.07, 6.45) is 3.86. The lowest BCUT2D eigenvalue weighted by atomic mass is 9.63. The topological polar surface area (TPSA) is 21.3 Å². The summed E-state index contributed by atoms with van der Waals surface area (Å²) in [5.74, 6) is 0.925. The third-order valence-corrected chi connectivity index (χ3v) is 4.31. The predicted molar refractivity (Wildman–Crippen MR) is 85.0 cm³/mol. The van der Waals surface area contributed by atoms with Gasteiger partial charge in [-0.15, -0.1) is 0 Å². The molecule has 2 heteroatoms. The Labute approximate surface area is 123 Å². The van der Waals surface area contributed by atoms with Crippen molar-refractivity contribution in [3.8, 4) is 5.75 Å². The summed E-state index contributed by atoms with van der Waals surface area (Å²) in [6.45, 7) is 10.5. The quantitative estimate of drug-likeness (QED) is 0.880. The summed E-state index contributed by atoms with van der Waals surface area (Å²) in [5.41, 5.74) is 2.21. The molecule has 2 nitrogen and oxygen atoms in total. The number of rotatable bonds is 4. The molecule has 0 saturated heterocycles. The lowest BCUT2D eigenvalue weighted by molar-refractivity contribution is 0.0845. The number of benzene rings is 1. The minimum atomic E-state index is 0.444. The van der Waals surface area contributed by atoms with Crippen LogP contribution >= 0.6 is 0 Å². The highest BCUT2D eigenvalue weighted by atomic mass is 16.5. The van der Waals surface area contributed by atoms with Crippen molar-refractivity contribution in [3.63, 3.8) is 0 Å². The summed E-state index contributed by atoms with van der Waals surface area (Å²) < 4.78 is 5.20. The smallest absolute Gasteiger partial charge is 0.118 e. The molecule has 0 unspecified atom stereocenters. The van der Waals surface area contributed by atoms with Gasteiger partial charge in [-0.05, 0) is 47.8 Å². The number of methoxy groups -OCH3 is 1. The van der Waals surface area contributed by atoms with Crippen LogP contribution in [0.2, 0.25) is 0 Å². The normalized spacial score (nSPS) is 21.6. The van der Waals surface area contributed by atoms with Gasteiger partial charge in [0.15, 0.2) is 0 Å². The van der Waals surface area contributed by atoms with Gasteiger partial charge in [0.2, 0.25) is 0 Å². The second-order valence-electron chi connectivity index (χ2n) is 7.84. The first-order valence-corrected chi connectivity index (χ1v) is 7.66. The maximum Gasteiger partial charge on any atom is 0.118 e. The summed E-state index contributed by atoms with van der Waals surface area (Å²) in [7, 11) is 1.71. The van der Waals surface area contributed by atoms with Crippen molar-refractivity contribution < 1.29 is 4.74 Å². The van der Waals surface area contributed by atoms with Crippen molar-refractivity contribution in [3.05, 3.63) is 29.8 Å². The first kappa shape index (κ1) is 15.4. The summed E-state index contributed by atoms with van der Waals surface area (Å²) in [6, 6.07) is 8.98. The molecule has 1 aliphatic rings. The number of nitrogens with one attached hydrogen (secondary N) is 1. The molecule has 2 rings (SSSR count). The first-order valence-electron chi connectivity index (χ1n) is 7.66. The largest absolute Gasteiger partial charge is 0.497 e. The molecule has 0 atom stereocenters. The van der Waals surface area contributed by atoms with E-state index in [1.807, 2.05) is 12.1 Å². The van der Waals surface area contributed by atoms with E-state index < -0.39 is 0 Å². The van der Waals surface area contributed by atoms with Crippen LogP contribution in [0.5, 0.6) is 5.75 Å². The van der Waals surface area contributed by atoms with E-state index in [1.54, 1.807) is 7.11 Å². The van der Waals surface area contributed by atoms with Crippen LogP contribution in [0, 0.1) is 10.8 Å². The molecule has 0 amide bonds. The van der Waals surface area contributed by atoms with Gasteiger partial charge >= 0.3 is 0 Å². The summed E-state index contributed by atoms with van der Waals surface area (Å²) >= 11 is 0. The molecule has 112 valence electrons. The fourth-order valence-corrected chi connectivity index (χ4v) is 4.00. The van der Waals surface area contributed by atoms with Crippen LogP contribution in [-0.2, 0) is 6.54 Å². The molecule has 20 heavy (non-hydrogen) atoms. The maximum absolute atomic E-state index is 5.20. The van der Waals surface area contributed by atoms with Crippen LogP contribution in [0.15, 0.2) is 24.3 Å². The Hall–Kier alpha value is -1.02. The number of hydrogen-bond acceptors (Lipinski definition) is 2. The van der Waals surface area contributed by atoms with Crippen LogP contribution < -0.4 is 10.1 Å². The van der Waals surface area contributed by atoms with Gasteiger partial charge in [0, 0.05) is 12.6 Å². The molecular weight excluding hydrogens is 246 g/mol. The zero-order valence-electron chi connectivity index (χ0n) is 13.6. The van der Waals surface area contributed by atoms with Gasteiger partial charge in [-0.2, -0.15) is 0 Å². The van der Waals surface area contributed by atoms with Crippen molar-refractivity contribution in [2.24, 2.45) is 10.8 Å². The molecule has 1 aromatic carbocycles. The minimum Gasteiger partial charge on any atom is -0.497 e. The third-order valence-electron chi connectivity index (χ3n) is 4.31. The van der Waals surface area contributed by atoms with Crippen molar-refractivity contribution in [1.29, 1.82) is 0 Å².